The Hall–Kier alpha value is -3.06. The molecule has 0 aromatic heterocycles. The van der Waals surface area contributed by atoms with E-state index in [1.165, 1.54) is 5.56 Å². The van der Waals surface area contributed by atoms with E-state index >= 15 is 0 Å². The van der Waals surface area contributed by atoms with E-state index in [9.17, 15) is 9.59 Å². The predicted octanol–water partition coefficient (Wildman–Crippen LogP) is 3.28. The third-order valence-corrected chi connectivity index (χ3v) is 5.39. The molecule has 0 spiro atoms. The van der Waals surface area contributed by atoms with Crippen LogP contribution in [0, 0.1) is 0 Å². The molecule has 1 atom stereocenters. The van der Waals surface area contributed by atoms with Gasteiger partial charge < -0.3 is 20.1 Å². The first-order valence-corrected chi connectivity index (χ1v) is 11.7. The fourth-order valence-corrected chi connectivity index (χ4v) is 3.71. The van der Waals surface area contributed by atoms with Gasteiger partial charge in [0, 0.05) is 18.2 Å². The summed E-state index contributed by atoms with van der Waals surface area (Å²) in [6, 6.07) is 15.5. The molecule has 33 heavy (non-hydrogen) atoms. The van der Waals surface area contributed by atoms with Gasteiger partial charge in [-0.2, -0.15) is 0 Å². The lowest BCUT2D eigenvalue weighted by molar-refractivity contribution is -0.120. The number of benzene rings is 2. The van der Waals surface area contributed by atoms with Crippen molar-refractivity contribution in [1.82, 2.24) is 15.5 Å². The van der Waals surface area contributed by atoms with Gasteiger partial charge in [0.1, 0.15) is 0 Å². The topological polar surface area (TPSA) is 79.9 Å². The van der Waals surface area contributed by atoms with E-state index in [1.54, 1.807) is 18.2 Å². The minimum atomic E-state index is -0.335. The molecule has 1 unspecified atom stereocenters. The molecule has 7 heteroatoms. The molecule has 0 aliphatic carbocycles. The first-order valence-electron chi connectivity index (χ1n) is 11.7. The van der Waals surface area contributed by atoms with Crippen LogP contribution in [0.2, 0.25) is 0 Å². The number of amides is 2. The van der Waals surface area contributed by atoms with Gasteiger partial charge in [-0.15, -0.1) is 0 Å². The van der Waals surface area contributed by atoms with Crippen molar-refractivity contribution in [3.8, 4) is 11.5 Å². The van der Waals surface area contributed by atoms with Crippen LogP contribution in [0.1, 0.15) is 43.6 Å². The van der Waals surface area contributed by atoms with Crippen LogP contribution in [0.25, 0.3) is 0 Å². The summed E-state index contributed by atoms with van der Waals surface area (Å²) < 4.78 is 11.1. The number of nitrogens with one attached hydrogen (secondary N) is 2. The molecule has 0 fully saturated rings. The maximum atomic E-state index is 12.6. The van der Waals surface area contributed by atoms with Gasteiger partial charge in [-0.3, -0.25) is 14.5 Å². The third-order valence-electron chi connectivity index (χ3n) is 5.39. The van der Waals surface area contributed by atoms with Crippen LogP contribution in [-0.4, -0.2) is 62.1 Å². The highest BCUT2D eigenvalue weighted by Crippen LogP contribution is 2.28. The van der Waals surface area contributed by atoms with Gasteiger partial charge in [0.2, 0.25) is 5.91 Å². The van der Waals surface area contributed by atoms with Gasteiger partial charge in [0.15, 0.2) is 11.5 Å². The smallest absolute Gasteiger partial charge is 0.251 e. The zero-order valence-corrected chi connectivity index (χ0v) is 20.2. The molecule has 0 bridgehead atoms. The Bertz CT molecular complexity index is 869. The summed E-state index contributed by atoms with van der Waals surface area (Å²) in [6.45, 7) is 11.2. The van der Waals surface area contributed by atoms with Crippen LogP contribution in [0.15, 0.2) is 48.5 Å². The van der Waals surface area contributed by atoms with Crippen LogP contribution in [0.3, 0.4) is 0 Å². The summed E-state index contributed by atoms with van der Waals surface area (Å²) in [5.74, 6) is 0.553. The molecular formula is C26H37N3O4. The van der Waals surface area contributed by atoms with Crippen molar-refractivity contribution < 1.29 is 19.1 Å². The molecule has 2 rings (SSSR count). The number of rotatable bonds is 14. The van der Waals surface area contributed by atoms with Gasteiger partial charge >= 0.3 is 0 Å². The minimum absolute atomic E-state index is 0.0910. The molecule has 2 N–H and O–H groups in total. The molecule has 2 amide bonds. The van der Waals surface area contributed by atoms with Gasteiger partial charge in [-0.1, -0.05) is 44.2 Å². The maximum absolute atomic E-state index is 12.6. The zero-order chi connectivity index (χ0) is 24.1. The summed E-state index contributed by atoms with van der Waals surface area (Å²) >= 11 is 0. The summed E-state index contributed by atoms with van der Waals surface area (Å²) in [5, 5.41) is 5.67. The highest BCUT2D eigenvalue weighted by Gasteiger charge is 2.18. The second-order valence-corrected chi connectivity index (χ2v) is 7.58. The van der Waals surface area contributed by atoms with E-state index in [4.69, 9.17) is 9.47 Å². The lowest BCUT2D eigenvalue weighted by Gasteiger charge is -2.30. The van der Waals surface area contributed by atoms with Gasteiger partial charge in [-0.05, 0) is 57.1 Å². The number of hydrogen-bond donors (Lipinski definition) is 2. The van der Waals surface area contributed by atoms with Crippen molar-refractivity contribution in [3.05, 3.63) is 59.7 Å². The lowest BCUT2D eigenvalue weighted by atomic mass is 10.0. The number of ether oxygens (including phenoxy) is 2. The van der Waals surface area contributed by atoms with Crippen LogP contribution in [-0.2, 0) is 11.2 Å². The summed E-state index contributed by atoms with van der Waals surface area (Å²) in [5.41, 5.74) is 1.65. The van der Waals surface area contributed by atoms with E-state index in [2.05, 4.69) is 41.5 Å². The predicted molar refractivity (Wildman–Crippen MR) is 131 cm³/mol. The maximum Gasteiger partial charge on any atom is 0.251 e. The highest BCUT2D eigenvalue weighted by atomic mass is 16.5. The number of likely N-dealkylation sites (N-methyl/N-ethyl adjacent to an activating group) is 1. The molecule has 0 radical (unpaired) electrons. The van der Waals surface area contributed by atoms with E-state index in [0.717, 1.165) is 19.5 Å². The highest BCUT2D eigenvalue weighted by molar-refractivity contribution is 5.97. The average Bonchev–Trinajstić information content (AvgIpc) is 2.83. The van der Waals surface area contributed by atoms with E-state index < -0.39 is 0 Å². The Morgan fingerprint density at radius 3 is 2.18 bits per heavy atom. The largest absolute Gasteiger partial charge is 0.490 e. The molecule has 0 aliphatic heterocycles. The van der Waals surface area contributed by atoms with Gasteiger partial charge in [0.05, 0.1) is 19.8 Å². The molecule has 2 aromatic rings. The fourth-order valence-electron chi connectivity index (χ4n) is 3.71. The number of nitrogens with zero attached hydrogens (tertiary/aromatic N) is 1. The standard InChI is InChI=1S/C26H37N3O4/c1-5-29(6-2)22(16-20-12-10-9-11-13-20)18-27-25(30)19-28-26(31)21-14-15-23(32-7-3)24(17-21)33-8-4/h9-15,17,22H,5-8,16,18-19H2,1-4H3,(H,27,30)(H,28,31). The fraction of sp³-hybridized carbons (Fsp3) is 0.462. The first kappa shape index (κ1) is 26.2. The Balaban J connectivity index is 1.92. The van der Waals surface area contributed by atoms with Crippen LogP contribution < -0.4 is 20.1 Å². The molecule has 180 valence electrons. The van der Waals surface area contributed by atoms with Gasteiger partial charge in [-0.25, -0.2) is 0 Å². The molecule has 7 nitrogen and oxygen atoms in total. The number of carbonyl (C=O) groups excluding carboxylic acids is 2. The first-order chi connectivity index (χ1) is 16.0. The Labute approximate surface area is 197 Å². The van der Waals surface area contributed by atoms with Crippen molar-refractivity contribution >= 4 is 11.8 Å². The molecule has 0 aliphatic rings. The third kappa shape index (κ3) is 8.42. The van der Waals surface area contributed by atoms with E-state index in [0.29, 0.717) is 36.8 Å². The lowest BCUT2D eigenvalue weighted by Crippen LogP contribution is -2.47. The Kier molecular flexibility index (Phi) is 11.2. The minimum Gasteiger partial charge on any atom is -0.490 e. The van der Waals surface area contributed by atoms with Crippen LogP contribution >= 0.6 is 0 Å². The molecule has 0 saturated carbocycles. The zero-order valence-electron chi connectivity index (χ0n) is 20.2. The monoisotopic (exact) mass is 455 g/mol. The normalized spacial score (nSPS) is 11.7. The van der Waals surface area contributed by atoms with Gasteiger partial charge in [0.25, 0.3) is 5.91 Å². The van der Waals surface area contributed by atoms with Crippen LogP contribution in [0.4, 0.5) is 0 Å². The van der Waals surface area contributed by atoms with Crippen molar-refractivity contribution in [2.75, 3.05) is 39.4 Å². The molecule has 0 saturated heterocycles. The number of carbonyl (C=O) groups is 2. The summed E-state index contributed by atoms with van der Waals surface area (Å²) in [6.07, 6.45) is 0.849. The SMILES string of the molecule is CCOc1ccc(C(=O)NCC(=O)NCC(Cc2ccccc2)N(CC)CC)cc1OCC. The molecular weight excluding hydrogens is 418 g/mol. The summed E-state index contributed by atoms with van der Waals surface area (Å²) in [4.78, 5) is 27.3. The summed E-state index contributed by atoms with van der Waals surface area (Å²) in [7, 11) is 0. The van der Waals surface area contributed by atoms with Crippen molar-refractivity contribution in [2.24, 2.45) is 0 Å². The quantitative estimate of drug-likeness (QED) is 0.457. The van der Waals surface area contributed by atoms with Crippen molar-refractivity contribution in [3.63, 3.8) is 0 Å². The number of hydrogen-bond acceptors (Lipinski definition) is 5. The molecule has 2 aromatic carbocycles. The second-order valence-electron chi connectivity index (χ2n) is 7.58. The average molecular weight is 456 g/mol. The Morgan fingerprint density at radius 1 is 0.879 bits per heavy atom. The van der Waals surface area contributed by atoms with Crippen molar-refractivity contribution in [2.45, 2.75) is 40.2 Å². The second kappa shape index (κ2) is 14.2. The van der Waals surface area contributed by atoms with Crippen molar-refractivity contribution in [1.29, 1.82) is 0 Å². The van der Waals surface area contributed by atoms with E-state index in [-0.39, 0.29) is 24.4 Å². The van der Waals surface area contributed by atoms with E-state index in [1.807, 2.05) is 32.0 Å². The Morgan fingerprint density at radius 2 is 1.55 bits per heavy atom. The molecule has 0 heterocycles. The van der Waals surface area contributed by atoms with Crippen LogP contribution in [0.5, 0.6) is 11.5 Å².